The minimum Gasteiger partial charge on any atom is -0.497 e. The van der Waals surface area contributed by atoms with E-state index < -0.39 is 28.6 Å². The molecule has 0 aromatic heterocycles. The van der Waals surface area contributed by atoms with E-state index in [-0.39, 0.29) is 0 Å². The Bertz CT molecular complexity index is 597. The van der Waals surface area contributed by atoms with Crippen molar-refractivity contribution < 1.29 is 30.5 Å². The van der Waals surface area contributed by atoms with Gasteiger partial charge in [0.2, 0.25) is 0 Å². The molecule has 0 saturated heterocycles. The molecule has 132 valence electrons. The Morgan fingerprint density at radius 1 is 1.13 bits per heavy atom. The first-order valence-corrected chi connectivity index (χ1v) is 8.21. The minimum absolute atomic E-state index is 0.383. The van der Waals surface area contributed by atoms with Crippen LogP contribution in [0.4, 0.5) is 13.2 Å². The number of hydrogen-bond acceptors (Lipinski definition) is 4. The second-order valence-electron chi connectivity index (χ2n) is 5.67. The lowest BCUT2D eigenvalue weighted by molar-refractivity contribution is -0.152. The zero-order valence-corrected chi connectivity index (χ0v) is 13.9. The number of methoxy groups -OCH3 is 1. The first-order chi connectivity index (χ1) is 10.4. The molecular formula is C14H20F3NO4S. The van der Waals surface area contributed by atoms with Gasteiger partial charge in [0.25, 0.3) is 0 Å². The van der Waals surface area contributed by atoms with Crippen LogP contribution in [0.15, 0.2) is 24.3 Å². The molecule has 0 unspecified atom stereocenters. The van der Waals surface area contributed by atoms with Gasteiger partial charge in [0.15, 0.2) is 6.61 Å². The maximum absolute atomic E-state index is 12.0. The molecule has 0 saturated carbocycles. The third-order valence-corrected chi connectivity index (χ3v) is 4.21. The third kappa shape index (κ3) is 8.19. The van der Waals surface area contributed by atoms with Crippen molar-refractivity contribution in [2.24, 2.45) is 0 Å². The Balaban J connectivity index is 2.57. The molecule has 0 aliphatic heterocycles. The van der Waals surface area contributed by atoms with Crippen molar-refractivity contribution in [2.45, 2.75) is 38.4 Å². The van der Waals surface area contributed by atoms with Crippen molar-refractivity contribution in [3.05, 3.63) is 29.8 Å². The van der Waals surface area contributed by atoms with E-state index in [0.29, 0.717) is 18.6 Å². The smallest absolute Gasteiger partial charge is 0.413 e. The number of benzene rings is 1. The maximum atomic E-state index is 12.0. The van der Waals surface area contributed by atoms with Crippen molar-refractivity contribution in [2.75, 3.05) is 13.7 Å². The lowest BCUT2D eigenvalue weighted by Crippen LogP contribution is -2.45. The standard InChI is InChI=1S/C14H20F3NO4S/c1-13(2,18-23(19,20)22-10-14(15,16)17)9-8-11-4-6-12(21-3)7-5-11/h4-7,18H,8-10H2,1-3H3. The quantitative estimate of drug-likeness (QED) is 0.779. The summed E-state index contributed by atoms with van der Waals surface area (Å²) >= 11 is 0. The summed E-state index contributed by atoms with van der Waals surface area (Å²) in [6.45, 7) is 1.30. The molecule has 0 bridgehead atoms. The summed E-state index contributed by atoms with van der Waals surface area (Å²) in [5.74, 6) is 0.703. The van der Waals surface area contributed by atoms with Crippen LogP contribution in [0.3, 0.4) is 0 Å². The van der Waals surface area contributed by atoms with Crippen molar-refractivity contribution in [3.8, 4) is 5.75 Å². The Labute approximate surface area is 134 Å². The van der Waals surface area contributed by atoms with Crippen LogP contribution in [0, 0.1) is 0 Å². The molecule has 0 atom stereocenters. The Kier molecular flexibility index (Phi) is 6.43. The van der Waals surface area contributed by atoms with Crippen LogP contribution in [0.2, 0.25) is 0 Å². The van der Waals surface area contributed by atoms with Crippen molar-refractivity contribution in [3.63, 3.8) is 0 Å². The molecular weight excluding hydrogens is 335 g/mol. The summed E-state index contributed by atoms with van der Waals surface area (Å²) < 4.78 is 70.2. The van der Waals surface area contributed by atoms with Crippen LogP contribution in [-0.2, 0) is 20.9 Å². The molecule has 5 nitrogen and oxygen atoms in total. The van der Waals surface area contributed by atoms with Crippen LogP contribution in [-0.4, -0.2) is 33.8 Å². The van der Waals surface area contributed by atoms with Crippen LogP contribution >= 0.6 is 0 Å². The van der Waals surface area contributed by atoms with Gasteiger partial charge in [0, 0.05) is 5.54 Å². The van der Waals surface area contributed by atoms with E-state index in [9.17, 15) is 21.6 Å². The average Bonchev–Trinajstić information content (AvgIpc) is 2.42. The number of nitrogens with one attached hydrogen (secondary N) is 1. The fourth-order valence-electron chi connectivity index (χ4n) is 1.81. The van der Waals surface area contributed by atoms with Gasteiger partial charge in [-0.1, -0.05) is 12.1 Å². The molecule has 0 aliphatic carbocycles. The lowest BCUT2D eigenvalue weighted by atomic mass is 9.96. The number of alkyl halides is 3. The highest BCUT2D eigenvalue weighted by atomic mass is 32.2. The van der Waals surface area contributed by atoms with E-state index in [1.54, 1.807) is 33.1 Å². The van der Waals surface area contributed by atoms with Gasteiger partial charge < -0.3 is 4.74 Å². The van der Waals surface area contributed by atoms with Gasteiger partial charge in [-0.25, -0.2) is 4.18 Å². The average molecular weight is 355 g/mol. The summed E-state index contributed by atoms with van der Waals surface area (Å²) in [5, 5.41) is 0. The van der Waals surface area contributed by atoms with Gasteiger partial charge in [-0.2, -0.15) is 26.3 Å². The first-order valence-electron chi connectivity index (χ1n) is 6.80. The molecule has 0 fully saturated rings. The molecule has 23 heavy (non-hydrogen) atoms. The zero-order chi connectivity index (χ0) is 17.7. The van der Waals surface area contributed by atoms with Crippen molar-refractivity contribution >= 4 is 10.3 Å². The summed E-state index contributed by atoms with van der Waals surface area (Å²) in [7, 11) is -2.93. The minimum atomic E-state index is -4.71. The van der Waals surface area contributed by atoms with E-state index in [1.165, 1.54) is 0 Å². The van der Waals surface area contributed by atoms with E-state index in [0.717, 1.165) is 5.56 Å². The Morgan fingerprint density at radius 2 is 1.70 bits per heavy atom. The molecule has 1 N–H and O–H groups in total. The molecule has 1 aromatic carbocycles. The highest BCUT2D eigenvalue weighted by molar-refractivity contribution is 7.84. The number of rotatable bonds is 8. The molecule has 1 rings (SSSR count). The largest absolute Gasteiger partial charge is 0.497 e. The number of ether oxygens (including phenoxy) is 1. The summed E-state index contributed by atoms with van der Waals surface area (Å²) in [6, 6.07) is 7.23. The van der Waals surface area contributed by atoms with Gasteiger partial charge in [0.1, 0.15) is 5.75 Å². The van der Waals surface area contributed by atoms with E-state index >= 15 is 0 Å². The van der Waals surface area contributed by atoms with Crippen LogP contribution in [0.1, 0.15) is 25.8 Å². The molecule has 1 aromatic rings. The van der Waals surface area contributed by atoms with Crippen LogP contribution in [0.5, 0.6) is 5.75 Å². The molecule has 0 aliphatic rings. The predicted octanol–water partition coefficient (Wildman–Crippen LogP) is 2.82. The summed E-state index contributed by atoms with van der Waals surface area (Å²) in [4.78, 5) is 0. The van der Waals surface area contributed by atoms with Crippen molar-refractivity contribution in [1.29, 1.82) is 0 Å². The summed E-state index contributed by atoms with van der Waals surface area (Å²) in [5.41, 5.74) is -0.000969. The highest BCUT2D eigenvalue weighted by Crippen LogP contribution is 2.19. The predicted molar refractivity (Wildman–Crippen MR) is 79.5 cm³/mol. The highest BCUT2D eigenvalue weighted by Gasteiger charge is 2.33. The van der Waals surface area contributed by atoms with Crippen molar-refractivity contribution in [1.82, 2.24) is 4.72 Å². The normalized spacial score (nSPS) is 13.1. The SMILES string of the molecule is COc1ccc(CCC(C)(C)NS(=O)(=O)OCC(F)(F)F)cc1. The number of hydrogen-bond donors (Lipinski definition) is 1. The third-order valence-electron chi connectivity index (χ3n) is 2.98. The Hall–Kier alpha value is -1.32. The fraction of sp³-hybridized carbons (Fsp3) is 0.571. The van der Waals surface area contributed by atoms with Gasteiger partial charge in [-0.3, -0.25) is 0 Å². The van der Waals surface area contributed by atoms with Gasteiger partial charge in [-0.15, -0.1) is 0 Å². The maximum Gasteiger partial charge on any atom is 0.413 e. The number of aryl methyl sites for hydroxylation is 1. The second kappa shape index (κ2) is 7.50. The van der Waals surface area contributed by atoms with Gasteiger partial charge in [0.05, 0.1) is 7.11 Å². The topological polar surface area (TPSA) is 64.6 Å². The van der Waals surface area contributed by atoms with E-state index in [2.05, 4.69) is 8.91 Å². The van der Waals surface area contributed by atoms with E-state index in [1.807, 2.05) is 12.1 Å². The second-order valence-corrected chi connectivity index (χ2v) is 7.01. The number of halogens is 3. The van der Waals surface area contributed by atoms with Gasteiger partial charge >= 0.3 is 16.5 Å². The molecule has 9 heteroatoms. The zero-order valence-electron chi connectivity index (χ0n) is 13.1. The first kappa shape index (κ1) is 19.7. The van der Waals surface area contributed by atoms with Gasteiger partial charge in [-0.05, 0) is 44.4 Å². The molecule has 0 heterocycles. The molecule has 0 spiro atoms. The monoisotopic (exact) mass is 355 g/mol. The van der Waals surface area contributed by atoms with Crippen LogP contribution < -0.4 is 9.46 Å². The molecule has 0 amide bonds. The Morgan fingerprint density at radius 3 is 2.17 bits per heavy atom. The fourth-order valence-corrected chi connectivity index (χ4v) is 2.94. The molecule has 0 radical (unpaired) electrons. The van der Waals surface area contributed by atoms with Crippen LogP contribution in [0.25, 0.3) is 0 Å². The van der Waals surface area contributed by atoms with E-state index in [4.69, 9.17) is 4.74 Å². The summed E-state index contributed by atoms with van der Waals surface area (Å²) in [6.07, 6.45) is -3.78. The lowest BCUT2D eigenvalue weighted by Gasteiger charge is -2.25.